The summed E-state index contributed by atoms with van der Waals surface area (Å²) in [5.41, 5.74) is 3.82. The maximum atomic E-state index is 12.3. The number of nitrogens with two attached hydrogens (primary N) is 1. The quantitative estimate of drug-likeness (QED) is 0.690. The molecular formula is C18H19N3O4S2. The fraction of sp³-hybridized carbons (Fsp3) is 0.222. The van der Waals surface area contributed by atoms with Gasteiger partial charge in [0.15, 0.2) is 9.84 Å². The zero-order chi connectivity index (χ0) is 19.4. The highest BCUT2D eigenvalue weighted by Gasteiger charge is 2.26. The van der Waals surface area contributed by atoms with Crippen LogP contribution in [0.4, 0.5) is 5.69 Å². The Balaban J connectivity index is 1.82. The Morgan fingerprint density at radius 2 is 1.81 bits per heavy atom. The average Bonchev–Trinajstić information content (AvgIpc) is 2.97. The summed E-state index contributed by atoms with van der Waals surface area (Å²) < 4.78 is 47.9. The number of aromatic amines is 1. The number of H-pyrrole nitrogens is 1. The Labute approximate surface area is 157 Å². The lowest BCUT2D eigenvalue weighted by atomic mass is 10.0. The number of sulfone groups is 1. The zero-order valence-corrected chi connectivity index (χ0v) is 16.3. The number of hydrogen-bond acceptors (Lipinski definition) is 5. The molecule has 0 saturated heterocycles. The number of anilines is 1. The van der Waals surface area contributed by atoms with Crippen LogP contribution in [0.25, 0.3) is 10.9 Å². The molecule has 1 aliphatic rings. The van der Waals surface area contributed by atoms with Crippen molar-refractivity contribution in [2.45, 2.75) is 22.8 Å². The van der Waals surface area contributed by atoms with Crippen molar-refractivity contribution in [1.82, 2.24) is 4.98 Å². The minimum Gasteiger partial charge on any atom is -0.366 e. The van der Waals surface area contributed by atoms with Gasteiger partial charge in [-0.15, -0.1) is 0 Å². The Kier molecular flexibility index (Phi) is 4.06. The van der Waals surface area contributed by atoms with Gasteiger partial charge >= 0.3 is 0 Å². The van der Waals surface area contributed by atoms with E-state index in [1.54, 1.807) is 0 Å². The van der Waals surface area contributed by atoms with Crippen LogP contribution < -0.4 is 10.0 Å². The second-order valence-corrected chi connectivity index (χ2v) is 10.3. The van der Waals surface area contributed by atoms with Crippen LogP contribution in [0.5, 0.6) is 0 Å². The molecule has 0 unspecified atom stereocenters. The smallest absolute Gasteiger partial charge is 0.238 e. The minimum atomic E-state index is -3.99. The number of rotatable bonds is 3. The molecule has 7 nitrogen and oxygen atoms in total. The third kappa shape index (κ3) is 3.22. The number of aromatic nitrogens is 1. The maximum Gasteiger partial charge on any atom is 0.238 e. The van der Waals surface area contributed by atoms with E-state index in [1.165, 1.54) is 12.1 Å². The monoisotopic (exact) mass is 405 g/mol. The number of nitrogens with one attached hydrogen (secondary N) is 1. The molecule has 0 aliphatic carbocycles. The first kappa shape index (κ1) is 18.0. The standard InChI is InChI=1S/C18H19N3O4S2/c1-26(22,23)18-10-12(27(19,24)25)6-7-17(18)21-9-8-16-14(11-21)13-4-2-3-5-15(13)20-16/h2-7,10,20H,8-9,11H2,1H3,(H2,19,24,25). The van der Waals surface area contributed by atoms with Crippen LogP contribution in [0, 0.1) is 0 Å². The summed E-state index contributed by atoms with van der Waals surface area (Å²) in [6.45, 7) is 1.16. The molecule has 0 atom stereocenters. The van der Waals surface area contributed by atoms with Crippen molar-refractivity contribution in [2.24, 2.45) is 5.14 Å². The molecule has 0 amide bonds. The van der Waals surface area contributed by atoms with E-state index in [0.717, 1.165) is 40.9 Å². The van der Waals surface area contributed by atoms with Crippen LogP contribution in [0.2, 0.25) is 0 Å². The Hall–Kier alpha value is -2.36. The molecule has 2 heterocycles. The van der Waals surface area contributed by atoms with Crippen molar-refractivity contribution in [3.8, 4) is 0 Å². The van der Waals surface area contributed by atoms with Crippen LogP contribution >= 0.6 is 0 Å². The van der Waals surface area contributed by atoms with E-state index in [9.17, 15) is 16.8 Å². The molecule has 0 bridgehead atoms. The summed E-state index contributed by atoms with van der Waals surface area (Å²) in [4.78, 5) is 5.14. The van der Waals surface area contributed by atoms with E-state index >= 15 is 0 Å². The van der Waals surface area contributed by atoms with Crippen molar-refractivity contribution < 1.29 is 16.8 Å². The summed E-state index contributed by atoms with van der Waals surface area (Å²) in [6, 6.07) is 12.0. The molecule has 0 saturated carbocycles. The predicted molar refractivity (Wildman–Crippen MR) is 104 cm³/mol. The van der Waals surface area contributed by atoms with Crippen LogP contribution in [0.3, 0.4) is 0 Å². The molecule has 9 heteroatoms. The summed E-state index contributed by atoms with van der Waals surface area (Å²) >= 11 is 0. The third-order valence-electron chi connectivity index (χ3n) is 4.88. The van der Waals surface area contributed by atoms with Gasteiger partial charge in [0.2, 0.25) is 10.0 Å². The number of fused-ring (bicyclic) bond motifs is 3. The highest BCUT2D eigenvalue weighted by molar-refractivity contribution is 7.91. The molecule has 2 aromatic carbocycles. The maximum absolute atomic E-state index is 12.3. The first-order chi connectivity index (χ1) is 12.6. The van der Waals surface area contributed by atoms with Gasteiger partial charge in [-0.25, -0.2) is 22.0 Å². The lowest BCUT2D eigenvalue weighted by molar-refractivity contribution is 0.596. The molecule has 1 aromatic heterocycles. The van der Waals surface area contributed by atoms with Crippen molar-refractivity contribution >= 4 is 36.5 Å². The molecule has 142 valence electrons. The van der Waals surface area contributed by atoms with E-state index in [0.29, 0.717) is 18.8 Å². The lowest BCUT2D eigenvalue weighted by Gasteiger charge is -2.30. The Morgan fingerprint density at radius 1 is 1.07 bits per heavy atom. The summed E-state index contributed by atoms with van der Waals surface area (Å²) in [7, 11) is -7.63. The summed E-state index contributed by atoms with van der Waals surface area (Å²) in [6.07, 6.45) is 1.81. The average molecular weight is 406 g/mol. The fourth-order valence-electron chi connectivity index (χ4n) is 3.60. The van der Waals surface area contributed by atoms with Gasteiger partial charge in [-0.05, 0) is 24.3 Å². The van der Waals surface area contributed by atoms with Gasteiger partial charge in [0.1, 0.15) is 0 Å². The van der Waals surface area contributed by atoms with Crippen molar-refractivity contribution in [2.75, 3.05) is 17.7 Å². The second kappa shape index (κ2) is 6.08. The molecule has 1 aliphatic heterocycles. The second-order valence-electron chi connectivity index (χ2n) is 6.75. The van der Waals surface area contributed by atoms with Gasteiger partial charge in [-0.2, -0.15) is 0 Å². The number of sulfonamides is 1. The summed E-state index contributed by atoms with van der Waals surface area (Å²) in [5, 5.41) is 6.28. The molecule has 0 radical (unpaired) electrons. The fourth-order valence-corrected chi connectivity index (χ4v) is 5.13. The van der Waals surface area contributed by atoms with Crippen LogP contribution in [0.15, 0.2) is 52.3 Å². The summed E-state index contributed by atoms with van der Waals surface area (Å²) in [5.74, 6) is 0. The van der Waals surface area contributed by atoms with Crippen molar-refractivity contribution in [1.29, 1.82) is 0 Å². The van der Waals surface area contributed by atoms with Crippen molar-refractivity contribution in [3.63, 3.8) is 0 Å². The molecule has 27 heavy (non-hydrogen) atoms. The van der Waals surface area contributed by atoms with Gasteiger partial charge in [0, 0.05) is 47.9 Å². The van der Waals surface area contributed by atoms with E-state index in [2.05, 4.69) is 4.98 Å². The highest BCUT2D eigenvalue weighted by Crippen LogP contribution is 2.34. The van der Waals surface area contributed by atoms with Crippen LogP contribution in [-0.4, -0.2) is 34.6 Å². The van der Waals surface area contributed by atoms with Gasteiger partial charge in [-0.1, -0.05) is 18.2 Å². The molecule has 3 aromatic rings. The molecule has 0 fully saturated rings. The zero-order valence-electron chi connectivity index (χ0n) is 14.6. The molecule has 4 rings (SSSR count). The molecule has 3 N–H and O–H groups in total. The first-order valence-corrected chi connectivity index (χ1v) is 11.8. The first-order valence-electron chi connectivity index (χ1n) is 8.35. The van der Waals surface area contributed by atoms with E-state index in [4.69, 9.17) is 5.14 Å². The van der Waals surface area contributed by atoms with Crippen LogP contribution in [-0.2, 0) is 32.8 Å². The minimum absolute atomic E-state index is 0.0303. The van der Waals surface area contributed by atoms with E-state index < -0.39 is 19.9 Å². The Morgan fingerprint density at radius 3 is 2.52 bits per heavy atom. The number of hydrogen-bond donors (Lipinski definition) is 2. The Bertz CT molecular complexity index is 1260. The molecular weight excluding hydrogens is 386 g/mol. The van der Waals surface area contributed by atoms with Gasteiger partial charge in [-0.3, -0.25) is 0 Å². The SMILES string of the molecule is CS(=O)(=O)c1cc(S(N)(=O)=O)ccc1N1CCc2[nH]c3ccccc3c2C1. The predicted octanol–water partition coefficient (Wildman–Crippen LogP) is 1.78. The normalized spacial score (nSPS) is 15.1. The molecule has 0 spiro atoms. The number of primary sulfonamides is 1. The van der Waals surface area contributed by atoms with Crippen molar-refractivity contribution in [3.05, 3.63) is 53.7 Å². The van der Waals surface area contributed by atoms with Gasteiger partial charge in [0.05, 0.1) is 15.5 Å². The topological polar surface area (TPSA) is 113 Å². The van der Waals surface area contributed by atoms with E-state index in [-0.39, 0.29) is 9.79 Å². The van der Waals surface area contributed by atoms with Gasteiger partial charge in [0.25, 0.3) is 0 Å². The van der Waals surface area contributed by atoms with Gasteiger partial charge < -0.3 is 9.88 Å². The largest absolute Gasteiger partial charge is 0.366 e. The third-order valence-corrected chi connectivity index (χ3v) is 6.92. The number of para-hydroxylation sites is 1. The van der Waals surface area contributed by atoms with E-state index in [1.807, 2.05) is 29.2 Å². The van der Waals surface area contributed by atoms with Crippen LogP contribution in [0.1, 0.15) is 11.3 Å². The number of nitrogens with zero attached hydrogens (tertiary/aromatic N) is 1. The lowest BCUT2D eigenvalue weighted by Crippen LogP contribution is -2.31. The number of benzene rings is 2. The highest BCUT2D eigenvalue weighted by atomic mass is 32.2.